The summed E-state index contributed by atoms with van der Waals surface area (Å²) >= 11 is 0. The Kier molecular flexibility index (Phi) is 3.15. The Balaban J connectivity index is 0.000000845. The smallest absolute Gasteiger partial charge is 0.269 e. The Morgan fingerprint density at radius 1 is 1.54 bits per heavy atom. The Hall–Kier alpha value is -1.21. The first-order valence-corrected chi connectivity index (χ1v) is 3.61. The third kappa shape index (κ3) is 2.13. The molecule has 13 heavy (non-hydrogen) atoms. The minimum atomic E-state index is -0.0600. The highest BCUT2D eigenvalue weighted by Gasteiger charge is 2.25. The summed E-state index contributed by atoms with van der Waals surface area (Å²) < 4.78 is 0. The van der Waals surface area contributed by atoms with Gasteiger partial charge in [-0.15, -0.1) is 17.5 Å². The van der Waals surface area contributed by atoms with E-state index in [4.69, 9.17) is 0 Å². The molecule has 1 fully saturated rings. The predicted molar refractivity (Wildman–Crippen MR) is 46.4 cm³/mol. The van der Waals surface area contributed by atoms with Gasteiger partial charge in [-0.05, 0) is 5.21 Å². The number of aromatic nitrogens is 4. The maximum absolute atomic E-state index is 11.2. The first-order chi connectivity index (χ1) is 5.86. The van der Waals surface area contributed by atoms with E-state index < -0.39 is 0 Å². The predicted octanol–water partition coefficient (Wildman–Crippen LogP) is -1.22. The van der Waals surface area contributed by atoms with Crippen LogP contribution in [0.1, 0.15) is 0 Å². The van der Waals surface area contributed by atoms with Crippen molar-refractivity contribution in [3.8, 4) is 0 Å². The molecule has 1 aliphatic heterocycles. The van der Waals surface area contributed by atoms with E-state index in [0.29, 0.717) is 0 Å². The first kappa shape index (κ1) is 9.87. The molecule has 7 nitrogen and oxygen atoms in total. The topological polar surface area (TPSA) is 95.6 Å². The summed E-state index contributed by atoms with van der Waals surface area (Å²) in [6, 6.07) is 0. The Bertz CT molecular complexity index is 271. The number of carbonyl (C=O) groups is 1. The van der Waals surface area contributed by atoms with Gasteiger partial charge in [0.2, 0.25) is 5.91 Å². The highest BCUT2D eigenvalue weighted by atomic mass is 35.5. The van der Waals surface area contributed by atoms with Gasteiger partial charge < -0.3 is 5.32 Å². The third-order valence-corrected chi connectivity index (χ3v) is 1.73. The number of carbonyl (C=O) groups excluding carboxylic acids is 1. The fourth-order valence-corrected chi connectivity index (χ4v) is 0.901. The first-order valence-electron chi connectivity index (χ1n) is 3.61. The Labute approximate surface area is 80.1 Å². The standard InChI is InChI=1S/C5H8N6O.ClH/c12-4(3-1-6-2-3)7-5-8-10-11-9-5;/h3,6H,1-2H2,(H2,7,8,9,10,11,12);1H. The van der Waals surface area contributed by atoms with Crippen molar-refractivity contribution in [2.45, 2.75) is 0 Å². The monoisotopic (exact) mass is 204 g/mol. The molecule has 1 saturated heterocycles. The second-order valence-corrected chi connectivity index (χ2v) is 2.58. The van der Waals surface area contributed by atoms with Crippen LogP contribution in [0.25, 0.3) is 0 Å². The number of H-pyrrole nitrogens is 1. The van der Waals surface area contributed by atoms with Gasteiger partial charge in [-0.1, -0.05) is 5.10 Å². The van der Waals surface area contributed by atoms with Crippen molar-refractivity contribution in [3.05, 3.63) is 0 Å². The number of nitrogens with zero attached hydrogens (tertiary/aromatic N) is 3. The summed E-state index contributed by atoms with van der Waals surface area (Å²) in [5.41, 5.74) is 0. The third-order valence-electron chi connectivity index (χ3n) is 1.73. The molecule has 0 aliphatic carbocycles. The highest BCUT2D eigenvalue weighted by Crippen LogP contribution is 2.05. The summed E-state index contributed by atoms with van der Waals surface area (Å²) in [6.07, 6.45) is 0. The molecule has 1 aromatic rings. The van der Waals surface area contributed by atoms with Crippen LogP contribution in [0.3, 0.4) is 0 Å². The largest absolute Gasteiger partial charge is 0.315 e. The average Bonchev–Trinajstić information content (AvgIpc) is 2.34. The van der Waals surface area contributed by atoms with Gasteiger partial charge in [0.1, 0.15) is 0 Å². The van der Waals surface area contributed by atoms with E-state index in [0.717, 1.165) is 13.1 Å². The lowest BCUT2D eigenvalue weighted by Gasteiger charge is -2.24. The van der Waals surface area contributed by atoms with Gasteiger partial charge in [0, 0.05) is 13.1 Å². The molecular weight excluding hydrogens is 196 g/mol. The molecule has 0 bridgehead atoms. The van der Waals surface area contributed by atoms with Crippen LogP contribution in [0.4, 0.5) is 5.95 Å². The van der Waals surface area contributed by atoms with E-state index >= 15 is 0 Å². The summed E-state index contributed by atoms with van der Waals surface area (Å²) in [4.78, 5) is 11.2. The molecule has 3 N–H and O–H groups in total. The van der Waals surface area contributed by atoms with Crippen molar-refractivity contribution in [2.24, 2.45) is 5.92 Å². The number of nitrogens with one attached hydrogen (secondary N) is 3. The average molecular weight is 205 g/mol. The molecule has 0 saturated carbocycles. The number of rotatable bonds is 2. The van der Waals surface area contributed by atoms with E-state index in [-0.39, 0.29) is 30.2 Å². The van der Waals surface area contributed by atoms with Crippen LogP contribution in [0.2, 0.25) is 0 Å². The van der Waals surface area contributed by atoms with Gasteiger partial charge in [0.15, 0.2) is 0 Å². The second-order valence-electron chi connectivity index (χ2n) is 2.58. The van der Waals surface area contributed by atoms with Crippen LogP contribution >= 0.6 is 12.4 Å². The number of tetrazole rings is 1. The summed E-state index contributed by atoms with van der Waals surface area (Å²) in [7, 11) is 0. The summed E-state index contributed by atoms with van der Waals surface area (Å²) in [5, 5.41) is 18.3. The van der Waals surface area contributed by atoms with Crippen LogP contribution < -0.4 is 10.6 Å². The van der Waals surface area contributed by atoms with Gasteiger partial charge in [0.05, 0.1) is 5.92 Å². The number of anilines is 1. The van der Waals surface area contributed by atoms with Crippen LogP contribution in [-0.4, -0.2) is 39.6 Å². The summed E-state index contributed by atoms with van der Waals surface area (Å²) in [6.45, 7) is 1.45. The van der Waals surface area contributed by atoms with Crippen molar-refractivity contribution < 1.29 is 4.79 Å². The SMILES string of the molecule is Cl.O=C(Nc1nn[nH]n1)C1CNC1. The Morgan fingerprint density at radius 3 is 2.77 bits per heavy atom. The molecule has 0 radical (unpaired) electrons. The van der Waals surface area contributed by atoms with Crippen LogP contribution in [0, 0.1) is 5.92 Å². The van der Waals surface area contributed by atoms with Gasteiger partial charge in [0.25, 0.3) is 5.95 Å². The maximum atomic E-state index is 11.2. The normalized spacial score (nSPS) is 15.7. The Morgan fingerprint density at radius 2 is 2.31 bits per heavy atom. The van der Waals surface area contributed by atoms with Crippen molar-refractivity contribution >= 4 is 24.3 Å². The zero-order valence-electron chi connectivity index (χ0n) is 6.65. The number of hydrogen-bond donors (Lipinski definition) is 3. The minimum Gasteiger partial charge on any atom is -0.315 e. The van der Waals surface area contributed by atoms with Gasteiger partial charge in [-0.3, -0.25) is 10.1 Å². The molecule has 72 valence electrons. The molecule has 0 unspecified atom stereocenters. The van der Waals surface area contributed by atoms with Crippen molar-refractivity contribution in [1.82, 2.24) is 25.9 Å². The van der Waals surface area contributed by atoms with Crippen LogP contribution in [0.5, 0.6) is 0 Å². The van der Waals surface area contributed by atoms with Crippen molar-refractivity contribution in [1.29, 1.82) is 0 Å². The van der Waals surface area contributed by atoms with E-state index in [1.165, 1.54) is 0 Å². The van der Waals surface area contributed by atoms with Gasteiger partial charge >= 0.3 is 0 Å². The lowest BCUT2D eigenvalue weighted by Crippen LogP contribution is -2.48. The van der Waals surface area contributed by atoms with Crippen molar-refractivity contribution in [2.75, 3.05) is 18.4 Å². The minimum absolute atomic E-state index is 0. The van der Waals surface area contributed by atoms with E-state index in [1.54, 1.807) is 0 Å². The molecular formula is C5H9ClN6O. The molecule has 2 heterocycles. The molecule has 1 aliphatic rings. The fourth-order valence-electron chi connectivity index (χ4n) is 0.901. The zero-order valence-corrected chi connectivity index (χ0v) is 7.47. The highest BCUT2D eigenvalue weighted by molar-refractivity contribution is 5.91. The second kappa shape index (κ2) is 4.15. The van der Waals surface area contributed by atoms with E-state index in [2.05, 4.69) is 31.3 Å². The lowest BCUT2D eigenvalue weighted by atomic mass is 10.0. The van der Waals surface area contributed by atoms with Gasteiger partial charge in [-0.2, -0.15) is 5.21 Å². The number of amides is 1. The number of aromatic amines is 1. The molecule has 0 atom stereocenters. The lowest BCUT2D eigenvalue weighted by molar-refractivity contribution is -0.121. The number of halogens is 1. The quantitative estimate of drug-likeness (QED) is 0.561. The summed E-state index contributed by atoms with van der Waals surface area (Å²) in [5.74, 6) is 0.213. The molecule has 2 rings (SSSR count). The van der Waals surface area contributed by atoms with Crippen LogP contribution in [-0.2, 0) is 4.79 Å². The molecule has 1 aromatic heterocycles. The number of hydrogen-bond acceptors (Lipinski definition) is 5. The van der Waals surface area contributed by atoms with Gasteiger partial charge in [-0.25, -0.2) is 0 Å². The maximum Gasteiger partial charge on any atom is 0.269 e. The molecule has 0 aromatic carbocycles. The van der Waals surface area contributed by atoms with Crippen LogP contribution in [0.15, 0.2) is 0 Å². The van der Waals surface area contributed by atoms with E-state index in [9.17, 15) is 4.79 Å². The molecule has 1 amide bonds. The fraction of sp³-hybridized carbons (Fsp3) is 0.600. The molecule has 0 spiro atoms. The van der Waals surface area contributed by atoms with Crippen molar-refractivity contribution in [3.63, 3.8) is 0 Å². The van der Waals surface area contributed by atoms with E-state index in [1.807, 2.05) is 0 Å². The molecule has 8 heteroatoms. The zero-order chi connectivity index (χ0) is 8.39.